The summed E-state index contributed by atoms with van der Waals surface area (Å²) in [5, 5.41) is -0.600. The molecule has 0 radical (unpaired) electrons. The molecule has 1 aliphatic heterocycles. The average Bonchev–Trinajstić information content (AvgIpc) is 2.65. The third-order valence-electron chi connectivity index (χ3n) is 2.75. The van der Waals surface area contributed by atoms with Gasteiger partial charge in [0, 0.05) is 18.1 Å². The van der Waals surface area contributed by atoms with Crippen LogP contribution >= 0.6 is 0 Å². The summed E-state index contributed by atoms with van der Waals surface area (Å²) in [5.41, 5.74) is 1.14. The summed E-state index contributed by atoms with van der Waals surface area (Å²) in [6.07, 6.45) is 3.30. The van der Waals surface area contributed by atoms with Crippen molar-refractivity contribution < 1.29 is 17.6 Å². The number of furan rings is 1. The lowest BCUT2D eigenvalue weighted by atomic mass is 10.1. The van der Waals surface area contributed by atoms with E-state index in [9.17, 15) is 13.2 Å². The Kier molecular flexibility index (Phi) is 2.50. The highest BCUT2D eigenvalue weighted by Crippen LogP contribution is 2.41. The summed E-state index contributed by atoms with van der Waals surface area (Å²) in [4.78, 5) is 11.2. The Morgan fingerprint density at radius 3 is 2.94 bits per heavy atom. The number of hydrogen-bond acceptors (Lipinski definition) is 4. The third kappa shape index (κ3) is 1.51. The Balaban J connectivity index is 2.55. The highest BCUT2D eigenvalue weighted by atomic mass is 32.2. The highest BCUT2D eigenvalue weighted by molar-refractivity contribution is 7.91. The molecule has 1 aromatic heterocycles. The lowest BCUT2D eigenvalue weighted by Crippen LogP contribution is -2.06. The van der Waals surface area contributed by atoms with Crippen LogP contribution < -0.4 is 0 Å². The fourth-order valence-corrected chi connectivity index (χ4v) is 3.95. The fraction of sp³-hybridized carbons (Fsp3) is 0.364. The molecule has 4 nitrogen and oxygen atoms in total. The van der Waals surface area contributed by atoms with Gasteiger partial charge in [0.15, 0.2) is 21.4 Å². The zero-order valence-corrected chi connectivity index (χ0v) is 9.71. The number of ketones is 1. The number of rotatable bonds is 3. The minimum Gasteiger partial charge on any atom is -0.461 e. The number of fused-ring (bicyclic) bond motifs is 1. The normalized spacial score (nSPS) is 21.7. The first kappa shape index (κ1) is 11.1. The van der Waals surface area contributed by atoms with Crippen LogP contribution in [0.25, 0.3) is 0 Å². The molecule has 5 heteroatoms. The van der Waals surface area contributed by atoms with Gasteiger partial charge in [-0.2, -0.15) is 0 Å². The molecule has 2 rings (SSSR count). The standard InChI is InChI=1S/C11H12O4S/c1-3-4-10-8-5-15-11(7(2)12)9(8)6-16(10,13)14/h3,5,10H,1,4,6H2,2H3. The van der Waals surface area contributed by atoms with Crippen LogP contribution in [0.5, 0.6) is 0 Å². The Labute approximate surface area is 93.9 Å². The molecule has 0 N–H and O–H groups in total. The largest absolute Gasteiger partial charge is 0.461 e. The van der Waals surface area contributed by atoms with E-state index in [1.54, 1.807) is 6.08 Å². The summed E-state index contributed by atoms with van der Waals surface area (Å²) in [6, 6.07) is 0. The van der Waals surface area contributed by atoms with Crippen molar-refractivity contribution in [1.29, 1.82) is 0 Å². The molecule has 0 spiro atoms. The van der Waals surface area contributed by atoms with Crippen LogP contribution in [0.2, 0.25) is 0 Å². The summed E-state index contributed by atoms with van der Waals surface area (Å²) < 4.78 is 28.8. The maximum Gasteiger partial charge on any atom is 0.195 e. The molecule has 1 aliphatic rings. The number of carbonyl (C=O) groups excluding carboxylic acids is 1. The minimum atomic E-state index is -3.20. The molecule has 86 valence electrons. The number of Topliss-reactive ketones (excluding diaryl/α,β-unsaturated/α-hetero) is 1. The Hall–Kier alpha value is -1.36. The first-order valence-corrected chi connectivity index (χ1v) is 6.62. The van der Waals surface area contributed by atoms with E-state index in [0.29, 0.717) is 17.5 Å². The lowest BCUT2D eigenvalue weighted by molar-refractivity contribution is 0.0986. The van der Waals surface area contributed by atoms with Gasteiger partial charge >= 0.3 is 0 Å². The molecule has 0 aromatic carbocycles. The van der Waals surface area contributed by atoms with Crippen molar-refractivity contribution in [3.63, 3.8) is 0 Å². The van der Waals surface area contributed by atoms with Crippen molar-refractivity contribution >= 4 is 15.6 Å². The third-order valence-corrected chi connectivity index (χ3v) is 4.76. The van der Waals surface area contributed by atoms with E-state index in [4.69, 9.17) is 4.42 Å². The molecule has 0 saturated heterocycles. The van der Waals surface area contributed by atoms with E-state index in [1.807, 2.05) is 0 Å². The van der Waals surface area contributed by atoms with Crippen LogP contribution in [-0.2, 0) is 15.6 Å². The van der Waals surface area contributed by atoms with Gasteiger partial charge in [-0.25, -0.2) is 8.42 Å². The van der Waals surface area contributed by atoms with Crippen LogP contribution in [0.15, 0.2) is 23.3 Å². The van der Waals surface area contributed by atoms with Crippen molar-refractivity contribution in [2.24, 2.45) is 0 Å². The average molecular weight is 240 g/mol. The second kappa shape index (κ2) is 3.59. The van der Waals surface area contributed by atoms with Gasteiger partial charge in [0.1, 0.15) is 0 Å². The van der Waals surface area contributed by atoms with Crippen molar-refractivity contribution in [2.45, 2.75) is 24.3 Å². The molecule has 1 atom stereocenters. The quantitative estimate of drug-likeness (QED) is 0.599. The van der Waals surface area contributed by atoms with Gasteiger partial charge in [0.2, 0.25) is 0 Å². The van der Waals surface area contributed by atoms with Gasteiger partial charge < -0.3 is 4.42 Å². The molecule has 2 heterocycles. The molecule has 1 aromatic rings. The number of sulfone groups is 1. The lowest BCUT2D eigenvalue weighted by Gasteiger charge is -2.05. The zero-order valence-electron chi connectivity index (χ0n) is 8.89. The number of carbonyl (C=O) groups is 1. The Morgan fingerprint density at radius 2 is 2.38 bits per heavy atom. The molecular formula is C11H12O4S. The Morgan fingerprint density at radius 1 is 1.69 bits per heavy atom. The van der Waals surface area contributed by atoms with E-state index < -0.39 is 15.1 Å². The first-order valence-electron chi connectivity index (χ1n) is 4.91. The molecule has 0 bridgehead atoms. The molecular weight excluding hydrogens is 228 g/mol. The summed E-state index contributed by atoms with van der Waals surface area (Å²) >= 11 is 0. The van der Waals surface area contributed by atoms with Crippen molar-refractivity contribution in [3.05, 3.63) is 35.8 Å². The second-order valence-electron chi connectivity index (χ2n) is 3.88. The second-order valence-corrected chi connectivity index (χ2v) is 6.06. The molecule has 0 amide bonds. The number of hydrogen-bond donors (Lipinski definition) is 0. The predicted molar refractivity (Wildman–Crippen MR) is 58.9 cm³/mol. The number of allylic oxidation sites excluding steroid dienone is 1. The fourth-order valence-electron chi connectivity index (χ4n) is 2.03. The highest BCUT2D eigenvalue weighted by Gasteiger charge is 2.40. The van der Waals surface area contributed by atoms with Gasteiger partial charge in [-0.1, -0.05) is 6.08 Å². The molecule has 0 aliphatic carbocycles. The molecule has 16 heavy (non-hydrogen) atoms. The van der Waals surface area contributed by atoms with Crippen molar-refractivity contribution in [2.75, 3.05) is 0 Å². The van der Waals surface area contributed by atoms with Crippen LogP contribution in [-0.4, -0.2) is 14.2 Å². The monoisotopic (exact) mass is 240 g/mol. The van der Waals surface area contributed by atoms with Gasteiger partial charge in [0.05, 0.1) is 17.3 Å². The molecule has 1 unspecified atom stereocenters. The van der Waals surface area contributed by atoms with E-state index >= 15 is 0 Å². The van der Waals surface area contributed by atoms with Gasteiger partial charge in [-0.3, -0.25) is 4.79 Å². The van der Waals surface area contributed by atoms with Crippen LogP contribution in [0.1, 0.15) is 40.3 Å². The van der Waals surface area contributed by atoms with E-state index in [-0.39, 0.29) is 17.3 Å². The SMILES string of the molecule is C=CCC1c2coc(C(C)=O)c2CS1(=O)=O. The maximum absolute atomic E-state index is 11.8. The summed E-state index contributed by atoms with van der Waals surface area (Å²) in [5.74, 6) is -0.174. The smallest absolute Gasteiger partial charge is 0.195 e. The predicted octanol–water partition coefficient (Wildman–Crippen LogP) is 2.03. The maximum atomic E-state index is 11.8. The van der Waals surface area contributed by atoms with Gasteiger partial charge in [0.25, 0.3) is 0 Å². The Bertz CT molecular complexity index is 551. The van der Waals surface area contributed by atoms with Gasteiger partial charge in [-0.15, -0.1) is 6.58 Å². The van der Waals surface area contributed by atoms with E-state index in [2.05, 4.69) is 6.58 Å². The van der Waals surface area contributed by atoms with Gasteiger partial charge in [-0.05, 0) is 6.42 Å². The topological polar surface area (TPSA) is 64.3 Å². The summed E-state index contributed by atoms with van der Waals surface area (Å²) in [6.45, 7) is 4.91. The molecule has 0 saturated carbocycles. The van der Waals surface area contributed by atoms with E-state index in [0.717, 1.165) is 0 Å². The van der Waals surface area contributed by atoms with Crippen LogP contribution in [0, 0.1) is 0 Å². The van der Waals surface area contributed by atoms with Crippen LogP contribution in [0.3, 0.4) is 0 Å². The summed E-state index contributed by atoms with van der Waals surface area (Å²) in [7, 11) is -3.20. The van der Waals surface area contributed by atoms with E-state index in [1.165, 1.54) is 13.2 Å². The van der Waals surface area contributed by atoms with Crippen LogP contribution in [0.4, 0.5) is 0 Å². The minimum absolute atomic E-state index is 0.105. The van der Waals surface area contributed by atoms with Crippen molar-refractivity contribution in [3.8, 4) is 0 Å². The first-order chi connectivity index (χ1) is 7.47. The zero-order chi connectivity index (χ0) is 11.9. The van der Waals surface area contributed by atoms with Crippen molar-refractivity contribution in [1.82, 2.24) is 0 Å². The molecule has 0 fully saturated rings.